The second-order valence-corrected chi connectivity index (χ2v) is 4.60. The molecule has 0 heterocycles. The summed E-state index contributed by atoms with van der Waals surface area (Å²) in [5.74, 6) is 6.50. The van der Waals surface area contributed by atoms with Crippen molar-refractivity contribution in [2.75, 3.05) is 0 Å². The maximum atomic E-state index is 5.61. The molecule has 3 heteroatoms. The molecule has 0 aliphatic heterocycles. The number of hydrazine groups is 1. The number of unbranched alkanes of at least 4 members (excludes halogenated alkanes) is 1. The monoisotopic (exact) mass is 236 g/mol. The first-order valence-corrected chi connectivity index (χ1v) is 6.40. The lowest BCUT2D eigenvalue weighted by molar-refractivity contribution is 0.242. The van der Waals surface area contributed by atoms with Crippen molar-refractivity contribution in [3.05, 3.63) is 29.8 Å². The zero-order valence-corrected chi connectivity index (χ0v) is 11.1. The Bertz CT molecular complexity index is 309. The van der Waals surface area contributed by atoms with E-state index in [2.05, 4.69) is 24.5 Å². The average Bonchev–Trinajstić information content (AvgIpc) is 2.31. The van der Waals surface area contributed by atoms with E-state index < -0.39 is 0 Å². The van der Waals surface area contributed by atoms with Crippen LogP contribution in [0.25, 0.3) is 0 Å². The molecule has 0 amide bonds. The molecule has 3 nitrogen and oxygen atoms in total. The third-order valence-electron chi connectivity index (χ3n) is 2.70. The van der Waals surface area contributed by atoms with Gasteiger partial charge in [-0.15, -0.1) is 0 Å². The Kier molecular flexibility index (Phi) is 6.01. The molecule has 0 saturated heterocycles. The van der Waals surface area contributed by atoms with Crippen LogP contribution in [-0.4, -0.2) is 6.10 Å². The van der Waals surface area contributed by atoms with Crippen molar-refractivity contribution in [3.63, 3.8) is 0 Å². The van der Waals surface area contributed by atoms with E-state index in [-0.39, 0.29) is 12.1 Å². The first kappa shape index (κ1) is 14.0. The largest absolute Gasteiger partial charge is 0.491 e. The van der Waals surface area contributed by atoms with Crippen LogP contribution in [0.1, 0.15) is 51.6 Å². The molecular formula is C14H24N2O. The van der Waals surface area contributed by atoms with Gasteiger partial charge in [0.2, 0.25) is 0 Å². The van der Waals surface area contributed by atoms with Crippen molar-refractivity contribution in [3.8, 4) is 5.75 Å². The van der Waals surface area contributed by atoms with Gasteiger partial charge in [0.15, 0.2) is 0 Å². The second-order valence-electron chi connectivity index (χ2n) is 4.60. The van der Waals surface area contributed by atoms with Gasteiger partial charge in [-0.05, 0) is 38.0 Å². The zero-order chi connectivity index (χ0) is 12.7. The summed E-state index contributed by atoms with van der Waals surface area (Å²) in [6.45, 7) is 6.24. The Hall–Kier alpha value is -1.06. The molecule has 0 aromatic heterocycles. The quantitative estimate of drug-likeness (QED) is 0.564. The van der Waals surface area contributed by atoms with Crippen molar-refractivity contribution >= 4 is 0 Å². The summed E-state index contributed by atoms with van der Waals surface area (Å²) in [5, 5.41) is 0. The van der Waals surface area contributed by atoms with Gasteiger partial charge in [-0.25, -0.2) is 0 Å². The fourth-order valence-corrected chi connectivity index (χ4v) is 1.81. The van der Waals surface area contributed by atoms with Gasteiger partial charge in [-0.3, -0.25) is 11.3 Å². The molecule has 3 N–H and O–H groups in total. The second kappa shape index (κ2) is 7.30. The number of hydrogen-bond donors (Lipinski definition) is 2. The third kappa shape index (κ3) is 4.75. The number of nitrogens with one attached hydrogen (secondary N) is 1. The Morgan fingerprint density at radius 1 is 1.24 bits per heavy atom. The number of hydrogen-bond acceptors (Lipinski definition) is 3. The minimum absolute atomic E-state index is 0.212. The molecule has 96 valence electrons. The molecule has 1 rings (SSSR count). The lowest BCUT2D eigenvalue weighted by atomic mass is 10.0. The highest BCUT2D eigenvalue weighted by Gasteiger charge is 2.08. The topological polar surface area (TPSA) is 47.3 Å². The molecule has 0 radical (unpaired) electrons. The van der Waals surface area contributed by atoms with E-state index in [1.54, 1.807) is 0 Å². The molecule has 1 aromatic carbocycles. The van der Waals surface area contributed by atoms with E-state index >= 15 is 0 Å². The van der Waals surface area contributed by atoms with Crippen LogP contribution >= 0.6 is 0 Å². The summed E-state index contributed by atoms with van der Waals surface area (Å²) in [6, 6.07) is 8.41. The van der Waals surface area contributed by atoms with Crippen LogP contribution in [0, 0.1) is 0 Å². The van der Waals surface area contributed by atoms with Crippen LogP contribution in [-0.2, 0) is 0 Å². The Morgan fingerprint density at radius 2 is 1.88 bits per heavy atom. The van der Waals surface area contributed by atoms with Gasteiger partial charge >= 0.3 is 0 Å². The molecule has 0 spiro atoms. The average molecular weight is 236 g/mol. The highest BCUT2D eigenvalue weighted by Crippen LogP contribution is 2.21. The normalized spacial score (nSPS) is 12.8. The molecule has 0 aliphatic rings. The van der Waals surface area contributed by atoms with Gasteiger partial charge in [0, 0.05) is 6.04 Å². The maximum absolute atomic E-state index is 5.61. The summed E-state index contributed by atoms with van der Waals surface area (Å²) in [7, 11) is 0. The highest BCUT2D eigenvalue weighted by atomic mass is 16.5. The van der Waals surface area contributed by atoms with Crippen LogP contribution in [0.3, 0.4) is 0 Å². The van der Waals surface area contributed by atoms with Crippen molar-refractivity contribution in [2.24, 2.45) is 5.84 Å². The van der Waals surface area contributed by atoms with E-state index in [9.17, 15) is 0 Å². The van der Waals surface area contributed by atoms with Crippen molar-refractivity contribution in [2.45, 2.75) is 52.2 Å². The van der Waals surface area contributed by atoms with E-state index in [1.165, 1.54) is 18.4 Å². The van der Waals surface area contributed by atoms with E-state index in [0.717, 1.165) is 12.2 Å². The molecule has 0 fully saturated rings. The predicted octanol–water partition coefficient (Wildman–Crippen LogP) is 3.17. The maximum Gasteiger partial charge on any atom is 0.119 e. The van der Waals surface area contributed by atoms with Crippen molar-refractivity contribution in [1.82, 2.24) is 5.43 Å². The van der Waals surface area contributed by atoms with Crippen LogP contribution in [0.5, 0.6) is 5.75 Å². The molecule has 0 bridgehead atoms. The molecular weight excluding hydrogens is 212 g/mol. The summed E-state index contributed by atoms with van der Waals surface area (Å²) < 4.78 is 5.61. The van der Waals surface area contributed by atoms with E-state index in [0.29, 0.717) is 0 Å². The van der Waals surface area contributed by atoms with Crippen molar-refractivity contribution < 1.29 is 4.74 Å². The molecule has 1 atom stereocenters. The minimum atomic E-state index is 0.212. The molecule has 1 unspecified atom stereocenters. The van der Waals surface area contributed by atoms with Crippen LogP contribution in [0.15, 0.2) is 24.3 Å². The Morgan fingerprint density at radius 3 is 2.35 bits per heavy atom. The van der Waals surface area contributed by atoms with Crippen LogP contribution < -0.4 is 16.0 Å². The van der Waals surface area contributed by atoms with E-state index in [1.807, 2.05) is 26.0 Å². The number of ether oxygens (including phenoxy) is 1. The minimum Gasteiger partial charge on any atom is -0.491 e. The predicted molar refractivity (Wildman–Crippen MR) is 71.8 cm³/mol. The molecule has 17 heavy (non-hydrogen) atoms. The number of benzene rings is 1. The van der Waals surface area contributed by atoms with Crippen molar-refractivity contribution in [1.29, 1.82) is 0 Å². The van der Waals surface area contributed by atoms with Gasteiger partial charge in [0.1, 0.15) is 5.75 Å². The Labute approximate surface area is 104 Å². The fraction of sp³-hybridized carbons (Fsp3) is 0.571. The van der Waals surface area contributed by atoms with Crippen LogP contribution in [0.2, 0.25) is 0 Å². The first-order chi connectivity index (χ1) is 8.17. The standard InChI is InChI=1S/C14H24N2O/c1-4-5-6-14(16-15)12-7-9-13(10-8-12)17-11(2)3/h7-11,14,16H,4-6,15H2,1-3H3. The van der Waals surface area contributed by atoms with Gasteiger partial charge in [0.25, 0.3) is 0 Å². The lowest BCUT2D eigenvalue weighted by Gasteiger charge is -2.17. The Balaban J connectivity index is 2.64. The zero-order valence-electron chi connectivity index (χ0n) is 11.1. The summed E-state index contributed by atoms with van der Waals surface area (Å²) in [5.41, 5.74) is 4.09. The lowest BCUT2D eigenvalue weighted by Crippen LogP contribution is -2.27. The summed E-state index contributed by atoms with van der Waals surface area (Å²) in [6.07, 6.45) is 3.65. The highest BCUT2D eigenvalue weighted by molar-refractivity contribution is 5.29. The van der Waals surface area contributed by atoms with Crippen LogP contribution in [0.4, 0.5) is 0 Å². The number of rotatable bonds is 7. The van der Waals surface area contributed by atoms with Gasteiger partial charge in [-0.1, -0.05) is 31.9 Å². The first-order valence-electron chi connectivity index (χ1n) is 6.40. The van der Waals surface area contributed by atoms with Gasteiger partial charge in [0.05, 0.1) is 6.10 Å². The summed E-state index contributed by atoms with van der Waals surface area (Å²) in [4.78, 5) is 0. The fourth-order valence-electron chi connectivity index (χ4n) is 1.81. The smallest absolute Gasteiger partial charge is 0.119 e. The number of nitrogens with two attached hydrogens (primary N) is 1. The SMILES string of the molecule is CCCCC(NN)c1ccc(OC(C)C)cc1. The molecule has 0 aliphatic carbocycles. The third-order valence-corrected chi connectivity index (χ3v) is 2.70. The van der Waals surface area contributed by atoms with Gasteiger partial charge in [-0.2, -0.15) is 0 Å². The molecule has 1 aromatic rings. The summed E-state index contributed by atoms with van der Waals surface area (Å²) >= 11 is 0. The van der Waals surface area contributed by atoms with Gasteiger partial charge < -0.3 is 4.74 Å². The molecule has 0 saturated carbocycles. The van der Waals surface area contributed by atoms with E-state index in [4.69, 9.17) is 10.6 Å².